The molecule has 1 saturated heterocycles. The van der Waals surface area contributed by atoms with E-state index >= 15 is 0 Å². The Labute approximate surface area is 148 Å². The minimum absolute atomic E-state index is 0.114. The van der Waals surface area contributed by atoms with Crippen molar-refractivity contribution in [3.8, 4) is 11.5 Å². The minimum atomic E-state index is 0.114. The van der Waals surface area contributed by atoms with E-state index in [1.54, 1.807) is 7.11 Å². The van der Waals surface area contributed by atoms with Crippen LogP contribution in [0.5, 0.6) is 11.5 Å². The second kappa shape index (κ2) is 7.62. The van der Waals surface area contributed by atoms with Gasteiger partial charge < -0.3 is 14.8 Å². The lowest BCUT2D eigenvalue weighted by Gasteiger charge is -2.44. The summed E-state index contributed by atoms with van der Waals surface area (Å²) in [5.41, 5.74) is 1.04. The van der Waals surface area contributed by atoms with Crippen molar-refractivity contribution in [2.24, 2.45) is 0 Å². The van der Waals surface area contributed by atoms with E-state index in [0.29, 0.717) is 42.3 Å². The lowest BCUT2D eigenvalue weighted by atomic mass is 9.87. The third-order valence-electron chi connectivity index (χ3n) is 4.85. The number of halogens is 1. The number of piperazine rings is 1. The minimum Gasteiger partial charge on any atom is -0.491 e. The fraction of sp³-hybridized carbons (Fsp3) is 0.611. The second-order valence-corrected chi connectivity index (χ2v) is 6.88. The van der Waals surface area contributed by atoms with Crippen molar-refractivity contribution in [3.05, 3.63) is 22.7 Å². The van der Waals surface area contributed by atoms with Gasteiger partial charge in [0.1, 0.15) is 0 Å². The van der Waals surface area contributed by atoms with Crippen LogP contribution in [-0.2, 0) is 11.3 Å². The summed E-state index contributed by atoms with van der Waals surface area (Å²) < 4.78 is 11.0. The van der Waals surface area contributed by atoms with E-state index in [0.717, 1.165) is 18.4 Å². The van der Waals surface area contributed by atoms with Crippen LogP contribution >= 0.6 is 11.6 Å². The number of ether oxygens (including phenoxy) is 2. The highest BCUT2D eigenvalue weighted by atomic mass is 35.5. The van der Waals surface area contributed by atoms with Gasteiger partial charge in [0.2, 0.25) is 5.91 Å². The predicted molar refractivity (Wildman–Crippen MR) is 93.8 cm³/mol. The van der Waals surface area contributed by atoms with Crippen LogP contribution < -0.4 is 14.8 Å². The fourth-order valence-corrected chi connectivity index (χ4v) is 4.16. The van der Waals surface area contributed by atoms with Gasteiger partial charge in [-0.05, 0) is 37.5 Å². The van der Waals surface area contributed by atoms with E-state index in [9.17, 15) is 4.79 Å². The Balaban J connectivity index is 1.82. The Kier molecular flexibility index (Phi) is 5.51. The molecule has 1 aliphatic heterocycles. The molecule has 0 spiro atoms. The molecule has 0 radical (unpaired) electrons. The average molecular weight is 353 g/mol. The van der Waals surface area contributed by atoms with Gasteiger partial charge >= 0.3 is 0 Å². The number of rotatable bonds is 5. The van der Waals surface area contributed by atoms with E-state index < -0.39 is 0 Å². The normalized spacial score (nSPS) is 24.2. The summed E-state index contributed by atoms with van der Waals surface area (Å²) >= 11 is 6.35. The molecule has 1 N–H and O–H groups in total. The number of carbonyl (C=O) groups is 1. The number of hydrogen-bond donors (Lipinski definition) is 1. The van der Waals surface area contributed by atoms with Gasteiger partial charge in [-0.15, -0.1) is 0 Å². The van der Waals surface area contributed by atoms with Crippen molar-refractivity contribution in [2.75, 3.05) is 20.3 Å². The summed E-state index contributed by atoms with van der Waals surface area (Å²) in [6, 6.07) is 4.57. The lowest BCUT2D eigenvalue weighted by Crippen LogP contribution is -2.61. The zero-order valence-electron chi connectivity index (χ0n) is 14.3. The molecule has 1 aliphatic carbocycles. The van der Waals surface area contributed by atoms with Gasteiger partial charge in [0.15, 0.2) is 11.5 Å². The molecule has 0 unspecified atom stereocenters. The van der Waals surface area contributed by atoms with Crippen LogP contribution in [0, 0.1) is 0 Å². The molecule has 1 heterocycles. The Morgan fingerprint density at radius 3 is 2.88 bits per heavy atom. The third-order valence-corrected chi connectivity index (χ3v) is 5.13. The molecule has 0 aromatic heterocycles. The third kappa shape index (κ3) is 3.62. The van der Waals surface area contributed by atoms with Gasteiger partial charge in [0, 0.05) is 18.6 Å². The summed E-state index contributed by atoms with van der Waals surface area (Å²) in [5, 5.41) is 3.69. The number of amides is 1. The molecule has 1 saturated carbocycles. The van der Waals surface area contributed by atoms with Crippen LogP contribution in [-0.4, -0.2) is 43.2 Å². The van der Waals surface area contributed by atoms with Crippen molar-refractivity contribution >= 4 is 17.5 Å². The molecule has 6 heteroatoms. The van der Waals surface area contributed by atoms with Crippen LogP contribution in [0.15, 0.2) is 12.1 Å². The lowest BCUT2D eigenvalue weighted by molar-refractivity contribution is -0.128. The maximum absolute atomic E-state index is 12.0. The van der Waals surface area contributed by atoms with Crippen molar-refractivity contribution in [2.45, 2.75) is 51.2 Å². The first-order valence-electron chi connectivity index (χ1n) is 8.65. The summed E-state index contributed by atoms with van der Waals surface area (Å²) in [4.78, 5) is 14.3. The molecule has 1 aromatic carbocycles. The van der Waals surface area contributed by atoms with Gasteiger partial charge in [0.25, 0.3) is 0 Å². The molecule has 2 atom stereocenters. The highest BCUT2D eigenvalue weighted by Crippen LogP contribution is 2.37. The van der Waals surface area contributed by atoms with Gasteiger partial charge in [-0.3, -0.25) is 9.69 Å². The number of hydrogen-bond acceptors (Lipinski definition) is 4. The molecule has 132 valence electrons. The van der Waals surface area contributed by atoms with Crippen molar-refractivity contribution in [3.63, 3.8) is 0 Å². The first-order valence-corrected chi connectivity index (χ1v) is 9.02. The van der Waals surface area contributed by atoms with E-state index in [1.165, 1.54) is 12.8 Å². The summed E-state index contributed by atoms with van der Waals surface area (Å²) in [6.45, 7) is 3.61. The Morgan fingerprint density at radius 2 is 2.12 bits per heavy atom. The van der Waals surface area contributed by atoms with Crippen LogP contribution in [0.4, 0.5) is 0 Å². The second-order valence-electron chi connectivity index (χ2n) is 6.47. The molecule has 3 rings (SSSR count). The maximum atomic E-state index is 12.0. The number of nitrogens with one attached hydrogen (secondary N) is 1. The van der Waals surface area contributed by atoms with E-state index in [2.05, 4.69) is 10.2 Å². The van der Waals surface area contributed by atoms with Gasteiger partial charge in [-0.2, -0.15) is 0 Å². The Hall–Kier alpha value is -1.46. The van der Waals surface area contributed by atoms with Crippen molar-refractivity contribution < 1.29 is 14.3 Å². The smallest absolute Gasteiger partial charge is 0.234 e. The van der Waals surface area contributed by atoms with Gasteiger partial charge in [0.05, 0.1) is 25.3 Å². The Bertz CT molecular complexity index is 608. The topological polar surface area (TPSA) is 50.8 Å². The highest BCUT2D eigenvalue weighted by Gasteiger charge is 2.36. The van der Waals surface area contributed by atoms with E-state index in [1.807, 2.05) is 19.1 Å². The molecule has 0 bridgehead atoms. The zero-order chi connectivity index (χ0) is 17.1. The van der Waals surface area contributed by atoms with Gasteiger partial charge in [-0.1, -0.05) is 24.4 Å². The maximum Gasteiger partial charge on any atom is 0.234 e. The van der Waals surface area contributed by atoms with Crippen molar-refractivity contribution in [1.29, 1.82) is 0 Å². The zero-order valence-corrected chi connectivity index (χ0v) is 15.1. The van der Waals surface area contributed by atoms with Crippen molar-refractivity contribution in [1.82, 2.24) is 10.2 Å². The fourth-order valence-electron chi connectivity index (χ4n) is 3.85. The predicted octanol–water partition coefficient (Wildman–Crippen LogP) is 2.99. The average Bonchev–Trinajstić information content (AvgIpc) is 2.55. The van der Waals surface area contributed by atoms with E-state index in [-0.39, 0.29) is 11.9 Å². The molecule has 24 heavy (non-hydrogen) atoms. The first-order chi connectivity index (χ1) is 11.6. The largest absolute Gasteiger partial charge is 0.491 e. The first kappa shape index (κ1) is 17.4. The Morgan fingerprint density at radius 1 is 1.33 bits per heavy atom. The molecule has 1 aromatic rings. The molecular weight excluding hydrogens is 328 g/mol. The van der Waals surface area contributed by atoms with Crippen LogP contribution in [0.25, 0.3) is 0 Å². The molecule has 5 nitrogen and oxygen atoms in total. The quantitative estimate of drug-likeness (QED) is 0.885. The monoisotopic (exact) mass is 352 g/mol. The molecular formula is C18H25ClN2O3. The molecule has 2 fully saturated rings. The molecule has 2 aliphatic rings. The number of benzene rings is 1. The van der Waals surface area contributed by atoms with Gasteiger partial charge in [-0.25, -0.2) is 0 Å². The molecule has 1 amide bonds. The number of methoxy groups -OCH3 is 1. The number of nitrogens with zero attached hydrogens (tertiary/aromatic N) is 1. The van der Waals surface area contributed by atoms with E-state index in [4.69, 9.17) is 21.1 Å². The summed E-state index contributed by atoms with van der Waals surface area (Å²) in [5.74, 6) is 1.33. The SMILES string of the molecule is CCOc1cc(CN2CC(=O)N[C@H]3CCCC[C@@H]32)cc(Cl)c1OC. The van der Waals surface area contributed by atoms with Crippen LogP contribution in [0.2, 0.25) is 5.02 Å². The highest BCUT2D eigenvalue weighted by molar-refractivity contribution is 6.32. The summed E-state index contributed by atoms with van der Waals surface area (Å²) in [6.07, 6.45) is 4.62. The standard InChI is InChI=1S/C18H25ClN2O3/c1-3-24-16-9-12(8-13(19)18(16)23-2)10-21-11-17(22)20-14-6-4-5-7-15(14)21/h8-9,14-15H,3-7,10-11H2,1-2H3,(H,20,22)/t14-,15-/m0/s1. The number of fused-ring (bicyclic) bond motifs is 1. The summed E-state index contributed by atoms with van der Waals surface area (Å²) in [7, 11) is 1.59. The van der Waals surface area contributed by atoms with Crippen LogP contribution in [0.1, 0.15) is 38.2 Å². The number of carbonyl (C=O) groups excluding carboxylic acids is 1. The van der Waals surface area contributed by atoms with Crippen LogP contribution in [0.3, 0.4) is 0 Å².